The van der Waals surface area contributed by atoms with Crippen molar-refractivity contribution in [3.05, 3.63) is 11.8 Å². The predicted octanol–water partition coefficient (Wildman–Crippen LogP) is 2.36. The van der Waals surface area contributed by atoms with Gasteiger partial charge in [0.15, 0.2) is 0 Å². The van der Waals surface area contributed by atoms with Gasteiger partial charge >= 0.3 is 5.97 Å². The summed E-state index contributed by atoms with van der Waals surface area (Å²) in [6.45, 7) is 6.02. The maximum absolute atomic E-state index is 10.8. The van der Waals surface area contributed by atoms with Crippen molar-refractivity contribution in [2.45, 2.75) is 27.2 Å². The molecule has 0 N–H and O–H groups in total. The topological polar surface area (TPSA) is 26.3 Å². The third-order valence-corrected chi connectivity index (χ3v) is 3.67. The highest BCUT2D eigenvalue weighted by atomic mass is 16.5. The first kappa shape index (κ1) is 8.79. The van der Waals surface area contributed by atoms with E-state index in [1.54, 1.807) is 0 Å². The molecule has 0 aliphatic heterocycles. The lowest BCUT2D eigenvalue weighted by atomic mass is 9.85. The second-order valence-electron chi connectivity index (χ2n) is 4.39. The molecule has 2 bridgehead atoms. The molecule has 4 unspecified atom stereocenters. The maximum atomic E-state index is 10.8. The molecule has 2 aliphatic carbocycles. The Bertz CT molecular complexity index is 267. The first-order valence-corrected chi connectivity index (χ1v) is 4.99. The molecule has 0 aromatic rings. The summed E-state index contributed by atoms with van der Waals surface area (Å²) >= 11 is 0. The lowest BCUT2D eigenvalue weighted by molar-refractivity contribution is -0.137. The van der Waals surface area contributed by atoms with Crippen molar-refractivity contribution in [3.63, 3.8) is 0 Å². The smallest absolute Gasteiger partial charge is 0.307 e. The fraction of sp³-hybridized carbons (Fsp3) is 0.727. The van der Waals surface area contributed by atoms with Crippen LogP contribution in [-0.2, 0) is 9.53 Å². The Balaban J connectivity index is 2.13. The first-order valence-electron chi connectivity index (χ1n) is 4.99. The van der Waals surface area contributed by atoms with Crippen LogP contribution in [0, 0.1) is 23.7 Å². The molecule has 0 aromatic heterocycles. The van der Waals surface area contributed by atoms with Gasteiger partial charge in [0, 0.05) is 12.8 Å². The summed E-state index contributed by atoms with van der Waals surface area (Å²) in [5.74, 6) is 3.33. The van der Waals surface area contributed by atoms with E-state index < -0.39 is 0 Å². The van der Waals surface area contributed by atoms with E-state index in [9.17, 15) is 4.79 Å². The number of ether oxygens (including phenoxy) is 1. The SMILES string of the molecule is CC(=O)OC1=CC2CC1C(C)C2C. The van der Waals surface area contributed by atoms with E-state index in [1.807, 2.05) is 0 Å². The van der Waals surface area contributed by atoms with Crippen LogP contribution in [0.5, 0.6) is 0 Å². The van der Waals surface area contributed by atoms with Gasteiger partial charge in [-0.2, -0.15) is 0 Å². The molecule has 0 aromatic carbocycles. The predicted molar refractivity (Wildman–Crippen MR) is 49.8 cm³/mol. The fourth-order valence-electron chi connectivity index (χ4n) is 2.68. The molecule has 1 fully saturated rings. The molecule has 2 heteroatoms. The molecule has 0 amide bonds. The average molecular weight is 180 g/mol. The third-order valence-electron chi connectivity index (χ3n) is 3.67. The van der Waals surface area contributed by atoms with E-state index >= 15 is 0 Å². The maximum Gasteiger partial charge on any atom is 0.307 e. The zero-order chi connectivity index (χ0) is 9.59. The van der Waals surface area contributed by atoms with E-state index in [0.717, 1.165) is 11.7 Å². The number of carbonyl (C=O) groups excluding carboxylic acids is 1. The molecule has 1 saturated carbocycles. The van der Waals surface area contributed by atoms with E-state index in [2.05, 4.69) is 19.9 Å². The number of hydrogen-bond acceptors (Lipinski definition) is 2. The van der Waals surface area contributed by atoms with Crippen molar-refractivity contribution in [2.75, 3.05) is 0 Å². The summed E-state index contributed by atoms with van der Waals surface area (Å²) in [7, 11) is 0. The quantitative estimate of drug-likeness (QED) is 0.579. The van der Waals surface area contributed by atoms with E-state index in [0.29, 0.717) is 17.8 Å². The highest BCUT2D eigenvalue weighted by molar-refractivity contribution is 5.67. The number of rotatable bonds is 1. The fourth-order valence-corrected chi connectivity index (χ4v) is 2.68. The number of carbonyl (C=O) groups is 1. The Hall–Kier alpha value is -0.790. The van der Waals surface area contributed by atoms with Gasteiger partial charge in [-0.25, -0.2) is 0 Å². The van der Waals surface area contributed by atoms with Gasteiger partial charge in [-0.05, 0) is 30.3 Å². The number of hydrogen-bond donors (Lipinski definition) is 0. The Morgan fingerprint density at radius 1 is 1.46 bits per heavy atom. The molecule has 4 atom stereocenters. The molecular weight excluding hydrogens is 164 g/mol. The van der Waals surface area contributed by atoms with Crippen molar-refractivity contribution in [2.24, 2.45) is 23.7 Å². The van der Waals surface area contributed by atoms with Crippen molar-refractivity contribution in [1.82, 2.24) is 0 Å². The van der Waals surface area contributed by atoms with Gasteiger partial charge in [0.1, 0.15) is 5.76 Å². The van der Waals surface area contributed by atoms with Crippen molar-refractivity contribution in [1.29, 1.82) is 0 Å². The van der Waals surface area contributed by atoms with Gasteiger partial charge in [-0.1, -0.05) is 13.8 Å². The third kappa shape index (κ3) is 1.28. The van der Waals surface area contributed by atoms with Crippen LogP contribution in [0.2, 0.25) is 0 Å². The minimum atomic E-state index is -0.182. The summed E-state index contributed by atoms with van der Waals surface area (Å²) in [6.07, 6.45) is 3.34. The Kier molecular flexibility index (Phi) is 1.94. The van der Waals surface area contributed by atoms with Gasteiger partial charge in [0.05, 0.1) is 0 Å². The summed E-state index contributed by atoms with van der Waals surface area (Å²) in [4.78, 5) is 10.8. The Morgan fingerprint density at radius 3 is 2.62 bits per heavy atom. The zero-order valence-corrected chi connectivity index (χ0v) is 8.41. The van der Waals surface area contributed by atoms with Crippen molar-refractivity contribution < 1.29 is 9.53 Å². The molecule has 0 spiro atoms. The lowest BCUT2D eigenvalue weighted by Crippen LogP contribution is -2.18. The minimum Gasteiger partial charge on any atom is -0.431 e. The van der Waals surface area contributed by atoms with Gasteiger partial charge < -0.3 is 4.74 Å². The van der Waals surface area contributed by atoms with Gasteiger partial charge in [-0.3, -0.25) is 4.79 Å². The zero-order valence-electron chi connectivity index (χ0n) is 8.41. The minimum absolute atomic E-state index is 0.182. The summed E-state index contributed by atoms with van der Waals surface area (Å²) in [5, 5.41) is 0. The highest BCUT2D eigenvalue weighted by Gasteiger charge is 2.45. The lowest BCUT2D eigenvalue weighted by Gasteiger charge is -2.24. The number of allylic oxidation sites excluding steroid dienone is 2. The van der Waals surface area contributed by atoms with Crippen LogP contribution in [-0.4, -0.2) is 5.97 Å². The standard InChI is InChI=1S/C11H16O2/c1-6-7(2)10-4-9(6)5-11(10)13-8(3)12/h5-7,9-10H,4H2,1-3H3. The summed E-state index contributed by atoms with van der Waals surface area (Å²) in [5.41, 5.74) is 0. The molecular formula is C11H16O2. The molecule has 2 aliphatic rings. The molecule has 0 saturated heterocycles. The van der Waals surface area contributed by atoms with Crippen LogP contribution in [0.3, 0.4) is 0 Å². The normalized spacial score (nSPS) is 41.9. The van der Waals surface area contributed by atoms with Gasteiger partial charge in [0.25, 0.3) is 0 Å². The molecule has 13 heavy (non-hydrogen) atoms. The van der Waals surface area contributed by atoms with Crippen LogP contribution >= 0.6 is 0 Å². The van der Waals surface area contributed by atoms with Crippen molar-refractivity contribution in [3.8, 4) is 0 Å². The van der Waals surface area contributed by atoms with Gasteiger partial charge in [0.2, 0.25) is 0 Å². The van der Waals surface area contributed by atoms with Crippen LogP contribution in [0.15, 0.2) is 11.8 Å². The van der Waals surface area contributed by atoms with E-state index in [-0.39, 0.29) is 5.97 Å². The molecule has 2 rings (SSSR count). The monoisotopic (exact) mass is 180 g/mol. The van der Waals surface area contributed by atoms with E-state index in [1.165, 1.54) is 13.3 Å². The Morgan fingerprint density at radius 2 is 2.15 bits per heavy atom. The number of esters is 1. The molecule has 0 heterocycles. The largest absolute Gasteiger partial charge is 0.431 e. The van der Waals surface area contributed by atoms with Crippen LogP contribution in [0.1, 0.15) is 27.2 Å². The van der Waals surface area contributed by atoms with Gasteiger partial charge in [-0.15, -0.1) is 0 Å². The molecule has 0 radical (unpaired) electrons. The summed E-state index contributed by atoms with van der Waals surface area (Å²) < 4.78 is 5.19. The first-order chi connectivity index (χ1) is 6.09. The van der Waals surface area contributed by atoms with E-state index in [4.69, 9.17) is 4.74 Å². The van der Waals surface area contributed by atoms with Crippen molar-refractivity contribution >= 4 is 5.97 Å². The average Bonchev–Trinajstić information content (AvgIpc) is 2.53. The molecule has 2 nitrogen and oxygen atoms in total. The highest BCUT2D eigenvalue weighted by Crippen LogP contribution is 2.51. The second-order valence-corrected chi connectivity index (χ2v) is 4.39. The molecule has 72 valence electrons. The number of fused-ring (bicyclic) bond motifs is 2. The second kappa shape index (κ2) is 2.86. The Labute approximate surface area is 79.0 Å². The summed E-state index contributed by atoms with van der Waals surface area (Å²) in [6, 6.07) is 0. The van der Waals surface area contributed by atoms with Crippen LogP contribution < -0.4 is 0 Å². The van der Waals surface area contributed by atoms with Crippen LogP contribution in [0.25, 0.3) is 0 Å². The van der Waals surface area contributed by atoms with Crippen LogP contribution in [0.4, 0.5) is 0 Å².